The number of anilines is 1. The summed E-state index contributed by atoms with van der Waals surface area (Å²) in [5.41, 5.74) is 5.85. The number of carbonyl (C=O) groups is 1. The van der Waals surface area contributed by atoms with Gasteiger partial charge in [-0.2, -0.15) is 0 Å². The molecule has 2 aromatic rings. The van der Waals surface area contributed by atoms with Crippen LogP contribution in [0, 0.1) is 13.8 Å². The van der Waals surface area contributed by atoms with Gasteiger partial charge in [0, 0.05) is 0 Å². The number of carbonyl (C=O) groups excluding carboxylic acids is 1. The first-order chi connectivity index (χ1) is 9.15. The number of benzene rings is 2. The fourth-order valence-corrected chi connectivity index (χ4v) is 2.67. The van der Waals surface area contributed by atoms with Crippen LogP contribution in [0.4, 0.5) is 5.69 Å². The molecule has 0 bridgehead atoms. The van der Waals surface area contributed by atoms with Crippen LogP contribution in [-0.4, -0.2) is 5.91 Å². The molecule has 0 unspecified atom stereocenters. The van der Waals surface area contributed by atoms with Gasteiger partial charge in [-0.25, -0.2) is 0 Å². The maximum Gasteiger partial charge on any atom is 0.231 e. The van der Waals surface area contributed by atoms with E-state index in [-0.39, 0.29) is 5.91 Å². The summed E-state index contributed by atoms with van der Waals surface area (Å²) < 4.78 is 0. The molecule has 3 rings (SSSR count). The van der Waals surface area contributed by atoms with Crippen LogP contribution in [0.5, 0.6) is 0 Å². The van der Waals surface area contributed by atoms with Crippen LogP contribution >= 0.6 is 0 Å². The molecule has 96 valence electrons. The van der Waals surface area contributed by atoms with Crippen molar-refractivity contribution in [3.63, 3.8) is 0 Å². The van der Waals surface area contributed by atoms with Gasteiger partial charge in [0.2, 0.25) is 5.91 Å². The third-order valence-electron chi connectivity index (χ3n) is 3.70. The summed E-state index contributed by atoms with van der Waals surface area (Å²) in [4.78, 5) is 14.1. The van der Waals surface area contributed by atoms with Gasteiger partial charge in [0.25, 0.3) is 0 Å². The summed E-state index contributed by atoms with van der Waals surface area (Å²) in [6, 6.07) is 14.5. The summed E-state index contributed by atoms with van der Waals surface area (Å²) in [7, 11) is 0. The van der Waals surface area contributed by atoms with E-state index in [9.17, 15) is 4.79 Å². The average molecular weight is 251 g/mol. The first-order valence-corrected chi connectivity index (χ1v) is 6.59. The summed E-state index contributed by atoms with van der Waals surface area (Å²) in [5.74, 6) is 0.199. The Morgan fingerprint density at radius 3 is 2.53 bits per heavy atom. The molecule has 0 spiro atoms. The molecule has 0 aromatic heterocycles. The molecule has 1 amide bonds. The lowest BCUT2D eigenvalue weighted by Gasteiger charge is -2.19. The Bertz CT molecular complexity index is 628. The van der Waals surface area contributed by atoms with E-state index < -0.39 is 0 Å². The quantitative estimate of drug-likeness (QED) is 0.801. The third kappa shape index (κ3) is 2.14. The van der Waals surface area contributed by atoms with Crippen molar-refractivity contribution in [1.29, 1.82) is 0 Å². The number of hydrogen-bond donors (Lipinski definition) is 0. The molecule has 1 aliphatic rings. The molecule has 0 aliphatic carbocycles. The number of aryl methyl sites for hydroxylation is 2. The Morgan fingerprint density at radius 1 is 1.05 bits per heavy atom. The zero-order valence-electron chi connectivity index (χ0n) is 11.3. The molecular weight excluding hydrogens is 234 g/mol. The van der Waals surface area contributed by atoms with E-state index in [4.69, 9.17) is 0 Å². The molecule has 0 radical (unpaired) electrons. The van der Waals surface area contributed by atoms with Crippen molar-refractivity contribution in [3.05, 3.63) is 64.7 Å². The van der Waals surface area contributed by atoms with Crippen molar-refractivity contribution in [2.45, 2.75) is 26.8 Å². The minimum atomic E-state index is 0.199. The standard InChI is InChI=1S/C17H17NO/c1-12-6-8-14(9-7-12)11-18-16(19)10-15-5-3-4-13(2)17(15)18/h3-9H,10-11H2,1-2H3. The molecule has 0 atom stereocenters. The van der Waals surface area contributed by atoms with E-state index in [2.05, 4.69) is 50.2 Å². The highest BCUT2D eigenvalue weighted by molar-refractivity contribution is 6.02. The first kappa shape index (κ1) is 12.0. The van der Waals surface area contributed by atoms with Crippen LogP contribution in [0.2, 0.25) is 0 Å². The molecule has 0 saturated carbocycles. The number of amides is 1. The maximum atomic E-state index is 12.2. The highest BCUT2D eigenvalue weighted by Gasteiger charge is 2.28. The van der Waals surface area contributed by atoms with Crippen molar-refractivity contribution in [1.82, 2.24) is 0 Å². The molecule has 2 heteroatoms. The highest BCUT2D eigenvalue weighted by atomic mass is 16.2. The molecule has 2 aromatic carbocycles. The van der Waals surface area contributed by atoms with E-state index in [1.165, 1.54) is 16.7 Å². The number of hydrogen-bond acceptors (Lipinski definition) is 1. The molecular formula is C17H17NO. The molecule has 2 nitrogen and oxygen atoms in total. The summed E-state index contributed by atoms with van der Waals surface area (Å²) in [6.45, 7) is 4.81. The number of nitrogens with zero attached hydrogens (tertiary/aromatic N) is 1. The lowest BCUT2D eigenvalue weighted by atomic mass is 10.1. The van der Waals surface area contributed by atoms with E-state index in [1.807, 2.05) is 11.0 Å². The van der Waals surface area contributed by atoms with Gasteiger partial charge < -0.3 is 4.90 Å². The molecule has 1 heterocycles. The molecule has 0 fully saturated rings. The smallest absolute Gasteiger partial charge is 0.231 e. The second kappa shape index (κ2) is 4.54. The lowest BCUT2D eigenvalue weighted by molar-refractivity contribution is -0.117. The van der Waals surface area contributed by atoms with Crippen LogP contribution in [0.1, 0.15) is 22.3 Å². The van der Waals surface area contributed by atoms with Crippen LogP contribution in [0.25, 0.3) is 0 Å². The zero-order chi connectivity index (χ0) is 13.4. The van der Waals surface area contributed by atoms with E-state index in [1.54, 1.807) is 0 Å². The predicted octanol–water partition coefficient (Wildman–Crippen LogP) is 3.39. The van der Waals surface area contributed by atoms with Gasteiger partial charge >= 0.3 is 0 Å². The van der Waals surface area contributed by atoms with Crippen LogP contribution in [0.3, 0.4) is 0 Å². The van der Waals surface area contributed by atoms with Crippen LogP contribution in [0.15, 0.2) is 42.5 Å². The average Bonchev–Trinajstić information content (AvgIpc) is 2.70. The largest absolute Gasteiger partial charge is 0.307 e. The van der Waals surface area contributed by atoms with Crippen LogP contribution < -0.4 is 4.90 Å². The van der Waals surface area contributed by atoms with Gasteiger partial charge in [0.05, 0.1) is 18.7 Å². The lowest BCUT2D eigenvalue weighted by Crippen LogP contribution is -2.26. The normalized spacial score (nSPS) is 13.8. The Labute approximate surface area is 113 Å². The molecule has 0 saturated heterocycles. The Kier molecular flexibility index (Phi) is 2.86. The number of rotatable bonds is 2. The van der Waals surface area contributed by atoms with Crippen LogP contribution in [-0.2, 0) is 17.8 Å². The van der Waals surface area contributed by atoms with Gasteiger partial charge in [0.1, 0.15) is 0 Å². The maximum absolute atomic E-state index is 12.2. The molecule has 19 heavy (non-hydrogen) atoms. The Hall–Kier alpha value is -2.09. The Balaban J connectivity index is 1.94. The highest BCUT2D eigenvalue weighted by Crippen LogP contribution is 2.33. The fourth-order valence-electron chi connectivity index (χ4n) is 2.67. The topological polar surface area (TPSA) is 20.3 Å². The van der Waals surface area contributed by atoms with Crippen molar-refractivity contribution < 1.29 is 4.79 Å². The second-order valence-electron chi connectivity index (χ2n) is 5.22. The second-order valence-corrected chi connectivity index (χ2v) is 5.22. The SMILES string of the molecule is Cc1ccc(CN2C(=O)Cc3cccc(C)c32)cc1. The number of para-hydroxylation sites is 1. The van der Waals surface area contributed by atoms with Gasteiger partial charge in [0.15, 0.2) is 0 Å². The first-order valence-electron chi connectivity index (χ1n) is 6.59. The van der Waals surface area contributed by atoms with Gasteiger partial charge in [-0.1, -0.05) is 48.0 Å². The van der Waals surface area contributed by atoms with Gasteiger partial charge in [-0.15, -0.1) is 0 Å². The third-order valence-corrected chi connectivity index (χ3v) is 3.70. The van der Waals surface area contributed by atoms with Crippen molar-refractivity contribution >= 4 is 11.6 Å². The minimum absolute atomic E-state index is 0.199. The zero-order valence-corrected chi connectivity index (χ0v) is 11.3. The van der Waals surface area contributed by atoms with E-state index in [0.717, 1.165) is 11.3 Å². The summed E-state index contributed by atoms with van der Waals surface area (Å²) >= 11 is 0. The van der Waals surface area contributed by atoms with Gasteiger partial charge in [-0.3, -0.25) is 4.79 Å². The van der Waals surface area contributed by atoms with E-state index in [0.29, 0.717) is 13.0 Å². The fraction of sp³-hybridized carbons (Fsp3) is 0.235. The molecule has 0 N–H and O–H groups in total. The summed E-state index contributed by atoms with van der Waals surface area (Å²) in [6.07, 6.45) is 0.531. The van der Waals surface area contributed by atoms with Crippen molar-refractivity contribution in [2.24, 2.45) is 0 Å². The predicted molar refractivity (Wildman–Crippen MR) is 77.3 cm³/mol. The summed E-state index contributed by atoms with van der Waals surface area (Å²) in [5, 5.41) is 0. The molecule has 1 aliphatic heterocycles. The van der Waals surface area contributed by atoms with Crippen molar-refractivity contribution in [2.75, 3.05) is 4.90 Å². The number of fused-ring (bicyclic) bond motifs is 1. The monoisotopic (exact) mass is 251 g/mol. The Morgan fingerprint density at radius 2 is 1.79 bits per heavy atom. The van der Waals surface area contributed by atoms with Crippen molar-refractivity contribution in [3.8, 4) is 0 Å². The minimum Gasteiger partial charge on any atom is -0.307 e. The van der Waals surface area contributed by atoms with Gasteiger partial charge in [-0.05, 0) is 30.5 Å². The van der Waals surface area contributed by atoms with E-state index >= 15 is 0 Å².